The first kappa shape index (κ1) is 13.3. The molecule has 0 aromatic heterocycles. The third kappa shape index (κ3) is 5.85. The van der Waals surface area contributed by atoms with Crippen molar-refractivity contribution in [2.45, 2.75) is 39.5 Å². The highest BCUT2D eigenvalue weighted by Crippen LogP contribution is 1.97. The maximum Gasteiger partial charge on any atom is 0.192 e. The normalized spacial score (nSPS) is 9.57. The van der Waals surface area contributed by atoms with Gasteiger partial charge < -0.3 is 5.32 Å². The van der Waals surface area contributed by atoms with Crippen molar-refractivity contribution in [1.29, 1.82) is 0 Å². The summed E-state index contributed by atoms with van der Waals surface area (Å²) in [4.78, 5) is 10.3. The van der Waals surface area contributed by atoms with Gasteiger partial charge in [-0.15, -0.1) is 4.91 Å². The number of nitroso groups, excluding NO2 is 1. The van der Waals surface area contributed by atoms with Crippen LogP contribution in [0.3, 0.4) is 0 Å². The van der Waals surface area contributed by atoms with Gasteiger partial charge in [0.15, 0.2) is 5.11 Å². The van der Waals surface area contributed by atoms with Crippen molar-refractivity contribution in [2.75, 3.05) is 13.1 Å². The van der Waals surface area contributed by atoms with Crippen molar-refractivity contribution < 1.29 is 0 Å². The molecule has 0 aliphatic carbocycles. The first-order valence-corrected chi connectivity index (χ1v) is 5.55. The number of hydrogen-bond acceptors (Lipinski definition) is 3. The highest BCUT2D eigenvalue weighted by atomic mass is 32.1. The van der Waals surface area contributed by atoms with E-state index in [4.69, 9.17) is 12.2 Å². The van der Waals surface area contributed by atoms with E-state index in [-0.39, 0.29) is 0 Å². The number of nitrogens with zero attached hydrogens (tertiary/aromatic N) is 2. The lowest BCUT2D eigenvalue weighted by atomic mass is 10.2. The van der Waals surface area contributed by atoms with Crippen LogP contribution < -0.4 is 5.32 Å². The Morgan fingerprint density at radius 1 is 1.36 bits per heavy atom. The zero-order valence-corrected chi connectivity index (χ0v) is 9.77. The van der Waals surface area contributed by atoms with Crippen molar-refractivity contribution in [3.05, 3.63) is 4.91 Å². The standard InChI is InChI=1S/C9H19N3OS/c1-3-5-6-7-8-10-9(14)12(4-2)11-13/h3-8H2,1-2H3,(H,10,14). The molecule has 0 aromatic carbocycles. The van der Waals surface area contributed by atoms with Gasteiger partial charge in [0.1, 0.15) is 0 Å². The lowest BCUT2D eigenvalue weighted by Gasteiger charge is -2.14. The fourth-order valence-corrected chi connectivity index (χ4v) is 1.34. The molecule has 0 saturated carbocycles. The number of rotatable bonds is 7. The number of unbranched alkanes of at least 4 members (excludes halogenated alkanes) is 3. The van der Waals surface area contributed by atoms with Crippen molar-refractivity contribution in [3.63, 3.8) is 0 Å². The second-order valence-corrected chi connectivity index (χ2v) is 3.48. The van der Waals surface area contributed by atoms with Crippen LogP contribution in [0.5, 0.6) is 0 Å². The van der Waals surface area contributed by atoms with E-state index >= 15 is 0 Å². The van der Waals surface area contributed by atoms with Gasteiger partial charge in [-0.3, -0.25) is 0 Å². The number of nitrogens with one attached hydrogen (secondary N) is 1. The molecule has 0 radical (unpaired) electrons. The molecule has 0 spiro atoms. The largest absolute Gasteiger partial charge is 0.361 e. The fourth-order valence-electron chi connectivity index (χ4n) is 1.08. The molecule has 1 N–H and O–H groups in total. The van der Waals surface area contributed by atoms with Crippen molar-refractivity contribution in [1.82, 2.24) is 10.3 Å². The molecule has 0 bridgehead atoms. The molecule has 0 fully saturated rings. The van der Waals surface area contributed by atoms with Gasteiger partial charge >= 0.3 is 0 Å². The van der Waals surface area contributed by atoms with E-state index < -0.39 is 0 Å². The summed E-state index contributed by atoms with van der Waals surface area (Å²) in [6, 6.07) is 0. The third-order valence-corrected chi connectivity index (χ3v) is 2.29. The quantitative estimate of drug-likeness (QED) is 0.308. The fraction of sp³-hybridized carbons (Fsp3) is 0.889. The highest BCUT2D eigenvalue weighted by Gasteiger charge is 2.05. The molecule has 0 unspecified atom stereocenters. The van der Waals surface area contributed by atoms with Gasteiger partial charge in [-0.1, -0.05) is 26.2 Å². The van der Waals surface area contributed by atoms with E-state index in [0.717, 1.165) is 13.0 Å². The van der Waals surface area contributed by atoms with Crippen LogP contribution in [0.15, 0.2) is 5.29 Å². The van der Waals surface area contributed by atoms with Gasteiger partial charge in [0, 0.05) is 13.1 Å². The average Bonchev–Trinajstić information content (AvgIpc) is 2.19. The second kappa shape index (κ2) is 8.87. The highest BCUT2D eigenvalue weighted by molar-refractivity contribution is 7.80. The molecule has 0 heterocycles. The SMILES string of the molecule is CCCCCCNC(=S)N(CC)N=O. The molecule has 0 aliphatic heterocycles. The summed E-state index contributed by atoms with van der Waals surface area (Å²) < 4.78 is 0. The summed E-state index contributed by atoms with van der Waals surface area (Å²) in [6.07, 6.45) is 4.76. The first-order chi connectivity index (χ1) is 6.76. The van der Waals surface area contributed by atoms with E-state index in [1.54, 1.807) is 0 Å². The molecule has 0 saturated heterocycles. The van der Waals surface area contributed by atoms with Crippen molar-refractivity contribution >= 4 is 17.3 Å². The monoisotopic (exact) mass is 217 g/mol. The van der Waals surface area contributed by atoms with Gasteiger partial charge in [0.25, 0.3) is 0 Å². The maximum absolute atomic E-state index is 10.3. The lowest BCUT2D eigenvalue weighted by molar-refractivity contribution is 0.453. The van der Waals surface area contributed by atoms with Crippen LogP contribution in [0.2, 0.25) is 0 Å². The Morgan fingerprint density at radius 2 is 2.07 bits per heavy atom. The van der Waals surface area contributed by atoms with E-state index in [1.165, 1.54) is 24.3 Å². The molecular weight excluding hydrogens is 198 g/mol. The first-order valence-electron chi connectivity index (χ1n) is 5.14. The Bertz CT molecular complexity index is 175. The molecular formula is C9H19N3OS. The lowest BCUT2D eigenvalue weighted by Crippen LogP contribution is -2.36. The number of thiocarbonyl (C=S) groups is 1. The molecule has 0 amide bonds. The molecule has 4 nitrogen and oxygen atoms in total. The second-order valence-electron chi connectivity index (χ2n) is 3.09. The Balaban J connectivity index is 3.47. The predicted molar refractivity (Wildman–Crippen MR) is 62.9 cm³/mol. The van der Waals surface area contributed by atoms with E-state index in [0.29, 0.717) is 11.7 Å². The van der Waals surface area contributed by atoms with Crippen molar-refractivity contribution in [3.8, 4) is 0 Å². The average molecular weight is 217 g/mol. The molecule has 0 aromatic rings. The molecule has 5 heteroatoms. The summed E-state index contributed by atoms with van der Waals surface area (Å²) in [6.45, 7) is 5.36. The molecule has 0 atom stereocenters. The zero-order valence-electron chi connectivity index (χ0n) is 8.95. The summed E-state index contributed by atoms with van der Waals surface area (Å²) in [5, 5.41) is 7.48. The van der Waals surface area contributed by atoms with E-state index in [2.05, 4.69) is 17.5 Å². The Kier molecular flexibility index (Phi) is 8.42. The van der Waals surface area contributed by atoms with E-state index in [9.17, 15) is 4.91 Å². The molecule has 0 aliphatic rings. The maximum atomic E-state index is 10.3. The number of hydrogen-bond donors (Lipinski definition) is 1. The van der Waals surface area contributed by atoms with Gasteiger partial charge in [-0.25, -0.2) is 5.01 Å². The van der Waals surface area contributed by atoms with Crippen LogP contribution >= 0.6 is 12.2 Å². The van der Waals surface area contributed by atoms with Crippen molar-refractivity contribution in [2.24, 2.45) is 5.29 Å². The predicted octanol–water partition coefficient (Wildman–Crippen LogP) is 2.44. The third-order valence-electron chi connectivity index (χ3n) is 1.94. The van der Waals surface area contributed by atoms with Gasteiger partial charge in [-0.05, 0) is 25.6 Å². The van der Waals surface area contributed by atoms with E-state index in [1.807, 2.05) is 6.92 Å². The summed E-state index contributed by atoms with van der Waals surface area (Å²) in [5.41, 5.74) is 0. The minimum atomic E-state index is 0.430. The smallest absolute Gasteiger partial charge is 0.192 e. The van der Waals surface area contributed by atoms with Crippen LogP contribution in [0, 0.1) is 4.91 Å². The van der Waals surface area contributed by atoms with Crippen LogP contribution in [0.4, 0.5) is 0 Å². The summed E-state index contributed by atoms with van der Waals surface area (Å²) in [7, 11) is 0. The Hall–Kier alpha value is -0.710. The summed E-state index contributed by atoms with van der Waals surface area (Å²) in [5.74, 6) is 0. The Morgan fingerprint density at radius 3 is 2.57 bits per heavy atom. The van der Waals surface area contributed by atoms with Gasteiger partial charge in [0.2, 0.25) is 0 Å². The Labute approximate surface area is 91.0 Å². The molecule has 82 valence electrons. The molecule has 0 rings (SSSR count). The zero-order chi connectivity index (χ0) is 10.8. The van der Waals surface area contributed by atoms with Crippen LogP contribution in [-0.4, -0.2) is 23.2 Å². The minimum absolute atomic E-state index is 0.430. The van der Waals surface area contributed by atoms with Gasteiger partial charge in [0.05, 0.1) is 5.29 Å². The minimum Gasteiger partial charge on any atom is -0.361 e. The van der Waals surface area contributed by atoms with Crippen LogP contribution in [0.25, 0.3) is 0 Å². The molecule has 14 heavy (non-hydrogen) atoms. The van der Waals surface area contributed by atoms with Gasteiger partial charge in [-0.2, -0.15) is 0 Å². The topological polar surface area (TPSA) is 44.7 Å². The van der Waals surface area contributed by atoms with Crippen LogP contribution in [-0.2, 0) is 0 Å². The van der Waals surface area contributed by atoms with Crippen LogP contribution in [0.1, 0.15) is 39.5 Å². The summed E-state index contributed by atoms with van der Waals surface area (Å²) >= 11 is 4.97.